The number of alkyl halides is 3. The second kappa shape index (κ2) is 13.4. The lowest BCUT2D eigenvalue weighted by Gasteiger charge is -2.13. The summed E-state index contributed by atoms with van der Waals surface area (Å²) in [6, 6.07) is 8.07. The molecule has 3 aromatic heterocycles. The van der Waals surface area contributed by atoms with E-state index in [4.69, 9.17) is 14.5 Å². The number of imidazole rings is 1. The van der Waals surface area contributed by atoms with E-state index in [2.05, 4.69) is 25.9 Å². The molecule has 0 radical (unpaired) electrons. The molecular formula is C28H30F3N7O4. The van der Waals surface area contributed by atoms with Crippen LogP contribution in [-0.4, -0.2) is 65.1 Å². The Balaban J connectivity index is 1.52. The van der Waals surface area contributed by atoms with Gasteiger partial charge in [0.15, 0.2) is 5.82 Å². The number of anilines is 2. The first kappa shape index (κ1) is 30.4. The summed E-state index contributed by atoms with van der Waals surface area (Å²) in [5.41, 5.74) is 1.25. The number of methoxy groups -OCH3 is 1. The third-order valence-electron chi connectivity index (χ3n) is 6.26. The van der Waals surface area contributed by atoms with Crippen LogP contribution in [0.15, 0.2) is 55.0 Å². The normalized spacial score (nSPS) is 12.2. The summed E-state index contributed by atoms with van der Waals surface area (Å²) in [4.78, 5) is 37.6. The first-order chi connectivity index (χ1) is 20.1. The Hall–Kier alpha value is -4.56. The van der Waals surface area contributed by atoms with E-state index in [0.717, 1.165) is 18.3 Å². The van der Waals surface area contributed by atoms with Crippen LogP contribution in [0.25, 0.3) is 16.8 Å². The van der Waals surface area contributed by atoms with E-state index in [0.29, 0.717) is 41.6 Å². The number of carbonyl (C=O) groups is 2. The lowest BCUT2D eigenvalue weighted by Crippen LogP contribution is -2.28. The zero-order valence-electron chi connectivity index (χ0n) is 23.2. The number of hydrogen-bond donors (Lipinski definition) is 3. The summed E-state index contributed by atoms with van der Waals surface area (Å²) in [5.74, 6) is 0.215. The molecule has 2 amide bonds. The van der Waals surface area contributed by atoms with E-state index in [-0.39, 0.29) is 30.3 Å². The molecule has 0 aliphatic heterocycles. The Morgan fingerprint density at radius 3 is 2.52 bits per heavy atom. The number of nitrogens with one attached hydrogen (secondary N) is 3. The second-order valence-electron chi connectivity index (χ2n) is 9.13. The molecule has 4 rings (SSSR count). The Kier molecular flexibility index (Phi) is 9.70. The Labute approximate surface area is 239 Å². The van der Waals surface area contributed by atoms with Crippen LogP contribution in [0.4, 0.5) is 24.8 Å². The Morgan fingerprint density at radius 2 is 1.83 bits per heavy atom. The van der Waals surface area contributed by atoms with Crippen LogP contribution in [0.5, 0.6) is 0 Å². The second-order valence-corrected chi connectivity index (χ2v) is 9.13. The summed E-state index contributed by atoms with van der Waals surface area (Å²) in [7, 11) is 3.27. The van der Waals surface area contributed by atoms with Crippen LogP contribution in [0.1, 0.15) is 41.2 Å². The maximum Gasteiger partial charge on any atom is 0.416 e. The molecule has 14 heteroatoms. The van der Waals surface area contributed by atoms with Gasteiger partial charge in [0.25, 0.3) is 5.91 Å². The number of carbonyl (C=O) groups excluding carboxylic acids is 2. The van der Waals surface area contributed by atoms with Gasteiger partial charge in [0.2, 0.25) is 5.91 Å². The summed E-state index contributed by atoms with van der Waals surface area (Å²) < 4.78 is 51.7. The number of rotatable bonds is 12. The number of hydrogen-bond acceptors (Lipinski definition) is 8. The van der Waals surface area contributed by atoms with E-state index >= 15 is 0 Å². The molecule has 1 unspecified atom stereocenters. The average Bonchev–Trinajstić information content (AvgIpc) is 3.38. The highest BCUT2D eigenvalue weighted by molar-refractivity contribution is 6.04. The molecule has 3 N–H and O–H groups in total. The zero-order chi connectivity index (χ0) is 30.3. The molecule has 0 aliphatic carbocycles. The fourth-order valence-corrected chi connectivity index (χ4v) is 4.16. The number of halogens is 3. The van der Waals surface area contributed by atoms with Crippen molar-refractivity contribution in [2.75, 3.05) is 44.5 Å². The molecule has 3 heterocycles. The fraction of sp³-hybridized carbons (Fsp3) is 0.321. The topological polar surface area (TPSA) is 132 Å². The fourth-order valence-electron chi connectivity index (χ4n) is 4.16. The minimum Gasteiger partial charge on any atom is -0.384 e. The molecule has 0 fully saturated rings. The van der Waals surface area contributed by atoms with Crippen LogP contribution in [0.2, 0.25) is 0 Å². The van der Waals surface area contributed by atoms with Crippen molar-refractivity contribution in [3.8, 4) is 11.3 Å². The predicted octanol–water partition coefficient (Wildman–Crippen LogP) is 4.33. The van der Waals surface area contributed by atoms with Crippen molar-refractivity contribution in [3.63, 3.8) is 0 Å². The number of aromatic nitrogens is 4. The van der Waals surface area contributed by atoms with Gasteiger partial charge in [0.1, 0.15) is 29.0 Å². The van der Waals surface area contributed by atoms with Crippen molar-refractivity contribution in [1.82, 2.24) is 24.7 Å². The maximum absolute atomic E-state index is 13.0. The predicted molar refractivity (Wildman–Crippen MR) is 149 cm³/mol. The summed E-state index contributed by atoms with van der Waals surface area (Å²) >= 11 is 0. The standard InChI is InChI=1S/C28H30F3N7O4/c1-17(42-15-12-34-22(39)9-14-41-3)26-37-23(24-25(32-2)35-11-13-38(24)26)18-4-6-19(7-5-18)27(40)36-21-16-20(8-10-33-21)28(29,30)31/h4-8,10-11,13,16-17H,9,12,14-15H2,1-3H3,(H,32,35)(H,34,39)(H,33,36,40). The number of fused-ring (bicyclic) bond motifs is 1. The molecular weight excluding hydrogens is 555 g/mol. The minimum absolute atomic E-state index is 0.130. The largest absolute Gasteiger partial charge is 0.416 e. The van der Waals surface area contributed by atoms with Gasteiger partial charge < -0.3 is 25.4 Å². The van der Waals surface area contributed by atoms with Crippen LogP contribution in [0.3, 0.4) is 0 Å². The highest BCUT2D eigenvalue weighted by Gasteiger charge is 2.31. The molecule has 0 spiro atoms. The van der Waals surface area contributed by atoms with Crippen LogP contribution < -0.4 is 16.0 Å². The minimum atomic E-state index is -4.56. The summed E-state index contributed by atoms with van der Waals surface area (Å²) in [6.07, 6.45) is -0.355. The monoisotopic (exact) mass is 585 g/mol. The van der Waals surface area contributed by atoms with Gasteiger partial charge in [-0.05, 0) is 31.2 Å². The van der Waals surface area contributed by atoms with Crippen LogP contribution >= 0.6 is 0 Å². The van der Waals surface area contributed by atoms with Gasteiger partial charge in [0, 0.05) is 56.8 Å². The molecule has 1 aromatic carbocycles. The molecule has 11 nitrogen and oxygen atoms in total. The third-order valence-corrected chi connectivity index (χ3v) is 6.26. The smallest absolute Gasteiger partial charge is 0.384 e. The number of nitrogens with zero attached hydrogens (tertiary/aromatic N) is 4. The molecule has 222 valence electrons. The van der Waals surface area contributed by atoms with E-state index in [1.807, 2.05) is 11.3 Å². The molecule has 42 heavy (non-hydrogen) atoms. The molecule has 4 aromatic rings. The van der Waals surface area contributed by atoms with Gasteiger partial charge in [-0.25, -0.2) is 15.0 Å². The molecule has 0 saturated carbocycles. The maximum atomic E-state index is 13.0. The lowest BCUT2D eigenvalue weighted by atomic mass is 10.1. The molecule has 0 saturated heterocycles. The van der Waals surface area contributed by atoms with Gasteiger partial charge >= 0.3 is 6.18 Å². The van der Waals surface area contributed by atoms with Crippen molar-refractivity contribution in [1.29, 1.82) is 0 Å². The van der Waals surface area contributed by atoms with Gasteiger partial charge in [-0.3, -0.25) is 14.0 Å². The third kappa shape index (κ3) is 7.19. The van der Waals surface area contributed by atoms with Crippen LogP contribution in [-0.2, 0) is 20.4 Å². The van der Waals surface area contributed by atoms with Crippen molar-refractivity contribution < 1.29 is 32.2 Å². The number of amides is 2. The average molecular weight is 586 g/mol. The van der Waals surface area contributed by atoms with Crippen molar-refractivity contribution >= 4 is 29.0 Å². The van der Waals surface area contributed by atoms with Crippen molar-refractivity contribution in [3.05, 3.63) is 71.9 Å². The van der Waals surface area contributed by atoms with Crippen molar-refractivity contribution in [2.45, 2.75) is 25.6 Å². The SMILES string of the molecule is CNc1nccn2c(C(C)OCCNC(=O)CCOC)nc(-c3ccc(C(=O)Nc4cc(C(F)(F)F)ccn4)cc3)c12. The summed E-state index contributed by atoms with van der Waals surface area (Å²) in [5, 5.41) is 8.24. The first-order valence-corrected chi connectivity index (χ1v) is 13.0. The quantitative estimate of drug-likeness (QED) is 0.209. The van der Waals surface area contributed by atoms with Gasteiger partial charge in [-0.15, -0.1) is 0 Å². The van der Waals surface area contributed by atoms with E-state index < -0.39 is 23.8 Å². The number of benzene rings is 1. The van der Waals surface area contributed by atoms with Gasteiger partial charge in [-0.2, -0.15) is 13.2 Å². The number of pyridine rings is 1. The number of ether oxygens (including phenoxy) is 2. The highest BCUT2D eigenvalue weighted by Crippen LogP contribution is 2.32. The highest BCUT2D eigenvalue weighted by atomic mass is 19.4. The summed E-state index contributed by atoms with van der Waals surface area (Å²) in [6.45, 7) is 2.77. The Bertz CT molecular complexity index is 1540. The van der Waals surface area contributed by atoms with Gasteiger partial charge in [-0.1, -0.05) is 12.1 Å². The molecule has 1 atom stereocenters. The van der Waals surface area contributed by atoms with Crippen molar-refractivity contribution in [2.24, 2.45) is 0 Å². The molecule has 0 bridgehead atoms. The Morgan fingerprint density at radius 1 is 1.07 bits per heavy atom. The van der Waals surface area contributed by atoms with E-state index in [1.165, 1.54) is 7.11 Å². The van der Waals surface area contributed by atoms with Gasteiger partial charge in [0.05, 0.1) is 18.8 Å². The molecule has 0 aliphatic rings. The first-order valence-electron chi connectivity index (χ1n) is 13.0. The lowest BCUT2D eigenvalue weighted by molar-refractivity contribution is -0.137. The van der Waals surface area contributed by atoms with E-state index in [1.54, 1.807) is 43.7 Å². The zero-order valence-corrected chi connectivity index (χ0v) is 23.2. The van der Waals surface area contributed by atoms with Crippen LogP contribution in [0, 0.1) is 0 Å². The van der Waals surface area contributed by atoms with E-state index in [9.17, 15) is 22.8 Å².